The maximum atomic E-state index is 5.44. The lowest BCUT2D eigenvalue weighted by atomic mass is 10.1. The molecule has 0 bridgehead atoms. The first-order valence-electron chi connectivity index (χ1n) is 8.08. The topological polar surface area (TPSA) is 76.4 Å². The lowest BCUT2D eigenvalue weighted by molar-refractivity contribution is 0.0770. The zero-order chi connectivity index (χ0) is 16.4. The van der Waals surface area contributed by atoms with Crippen molar-refractivity contribution < 1.29 is 4.74 Å². The van der Waals surface area contributed by atoms with E-state index in [4.69, 9.17) is 9.72 Å². The summed E-state index contributed by atoms with van der Waals surface area (Å²) in [5, 5.41) is 6.82. The van der Waals surface area contributed by atoms with E-state index in [-0.39, 0.29) is 12.1 Å². The van der Waals surface area contributed by atoms with Crippen LogP contribution < -0.4 is 10.6 Å². The second-order valence-electron chi connectivity index (χ2n) is 5.95. The molecule has 0 radical (unpaired) electrons. The fourth-order valence-electron chi connectivity index (χ4n) is 3.08. The average molecular weight is 324 g/mol. The lowest BCUT2D eigenvalue weighted by Crippen LogP contribution is -2.46. The number of imidazole rings is 1. The van der Waals surface area contributed by atoms with Gasteiger partial charge in [-0.1, -0.05) is 6.07 Å². The maximum absolute atomic E-state index is 5.44. The van der Waals surface area contributed by atoms with Crippen molar-refractivity contribution >= 4 is 11.5 Å². The highest BCUT2D eigenvalue weighted by molar-refractivity contribution is 5.60. The van der Waals surface area contributed by atoms with Crippen molar-refractivity contribution in [1.29, 1.82) is 0 Å². The third-order valence-electron chi connectivity index (χ3n) is 4.31. The lowest BCUT2D eigenvalue weighted by Gasteiger charge is -2.29. The van der Waals surface area contributed by atoms with Crippen molar-refractivity contribution in [3.8, 4) is 11.4 Å². The van der Waals surface area contributed by atoms with Gasteiger partial charge in [-0.05, 0) is 18.6 Å². The molecule has 124 valence electrons. The number of nitrogens with one attached hydrogen (secondary N) is 2. The second kappa shape index (κ2) is 6.54. The fourth-order valence-corrected chi connectivity index (χ4v) is 3.08. The predicted octanol–water partition coefficient (Wildman–Crippen LogP) is 1.58. The summed E-state index contributed by atoms with van der Waals surface area (Å²) in [7, 11) is 1.75. The van der Waals surface area contributed by atoms with Crippen molar-refractivity contribution in [1.82, 2.24) is 24.7 Å². The molecule has 1 saturated heterocycles. The smallest absolute Gasteiger partial charge is 0.145 e. The summed E-state index contributed by atoms with van der Waals surface area (Å²) < 4.78 is 7.45. The van der Waals surface area contributed by atoms with Crippen molar-refractivity contribution in [2.75, 3.05) is 25.5 Å². The Morgan fingerprint density at radius 2 is 2.21 bits per heavy atom. The highest BCUT2D eigenvalue weighted by atomic mass is 16.5. The minimum atomic E-state index is 0.228. The number of rotatable bonds is 4. The Morgan fingerprint density at radius 1 is 1.25 bits per heavy atom. The van der Waals surface area contributed by atoms with E-state index in [1.54, 1.807) is 19.5 Å². The Morgan fingerprint density at radius 3 is 3.12 bits per heavy atom. The number of fused-ring (bicyclic) bond motifs is 1. The highest BCUT2D eigenvalue weighted by Gasteiger charge is 2.21. The normalized spacial score (nSPS) is 21.0. The van der Waals surface area contributed by atoms with Gasteiger partial charge in [0.25, 0.3) is 0 Å². The van der Waals surface area contributed by atoms with Crippen molar-refractivity contribution in [3.05, 3.63) is 43.0 Å². The van der Waals surface area contributed by atoms with Gasteiger partial charge < -0.3 is 15.4 Å². The monoisotopic (exact) mass is 324 g/mol. The molecule has 0 aromatic carbocycles. The van der Waals surface area contributed by atoms with Gasteiger partial charge in [0.1, 0.15) is 17.2 Å². The SMILES string of the molecule is CO[C@@H]1CNC[C@@H](Nc2cncc(-c3cnc4ccccn34)n2)C1. The van der Waals surface area contributed by atoms with E-state index in [0.29, 0.717) is 0 Å². The molecule has 3 aromatic rings. The van der Waals surface area contributed by atoms with E-state index in [1.165, 1.54) is 0 Å². The summed E-state index contributed by atoms with van der Waals surface area (Å²) in [6.07, 6.45) is 8.50. The minimum absolute atomic E-state index is 0.228. The van der Waals surface area contributed by atoms with E-state index in [1.807, 2.05) is 35.0 Å². The Balaban J connectivity index is 1.57. The van der Waals surface area contributed by atoms with E-state index < -0.39 is 0 Å². The molecule has 3 aromatic heterocycles. The Hall–Kier alpha value is -2.51. The van der Waals surface area contributed by atoms with Gasteiger partial charge in [0.05, 0.1) is 30.4 Å². The van der Waals surface area contributed by atoms with Gasteiger partial charge in [0, 0.05) is 32.4 Å². The Labute approximate surface area is 140 Å². The molecule has 1 aliphatic rings. The van der Waals surface area contributed by atoms with E-state index in [0.717, 1.165) is 42.4 Å². The third-order valence-corrected chi connectivity index (χ3v) is 4.31. The largest absolute Gasteiger partial charge is 0.380 e. The zero-order valence-electron chi connectivity index (χ0n) is 13.5. The second-order valence-corrected chi connectivity index (χ2v) is 5.95. The summed E-state index contributed by atoms with van der Waals surface area (Å²) in [4.78, 5) is 13.5. The van der Waals surface area contributed by atoms with Gasteiger partial charge in [-0.15, -0.1) is 0 Å². The molecule has 0 aliphatic carbocycles. The molecule has 0 unspecified atom stereocenters. The number of ether oxygens (including phenoxy) is 1. The molecule has 7 heteroatoms. The number of aromatic nitrogens is 4. The highest BCUT2D eigenvalue weighted by Crippen LogP contribution is 2.20. The molecule has 7 nitrogen and oxygen atoms in total. The molecule has 4 heterocycles. The number of anilines is 1. The van der Waals surface area contributed by atoms with Crippen LogP contribution in [0, 0.1) is 0 Å². The van der Waals surface area contributed by atoms with E-state index in [2.05, 4.69) is 20.6 Å². The molecule has 4 rings (SSSR count). The molecule has 2 atom stereocenters. The molecule has 2 N–H and O–H groups in total. The number of hydrogen-bond acceptors (Lipinski definition) is 6. The molecule has 1 aliphatic heterocycles. The van der Waals surface area contributed by atoms with Gasteiger partial charge >= 0.3 is 0 Å². The van der Waals surface area contributed by atoms with Crippen LogP contribution >= 0.6 is 0 Å². The predicted molar refractivity (Wildman–Crippen MR) is 91.9 cm³/mol. The minimum Gasteiger partial charge on any atom is -0.380 e. The molecule has 0 saturated carbocycles. The average Bonchev–Trinajstić information content (AvgIpc) is 3.06. The van der Waals surface area contributed by atoms with Crippen LogP contribution in [-0.4, -0.2) is 51.7 Å². The molecule has 0 amide bonds. The summed E-state index contributed by atoms with van der Waals surface area (Å²) in [5.74, 6) is 0.766. The van der Waals surface area contributed by atoms with Crippen LogP contribution in [0.1, 0.15) is 6.42 Å². The van der Waals surface area contributed by atoms with E-state index >= 15 is 0 Å². The number of hydrogen-bond donors (Lipinski definition) is 2. The summed E-state index contributed by atoms with van der Waals surface area (Å²) in [5.41, 5.74) is 2.62. The summed E-state index contributed by atoms with van der Waals surface area (Å²) >= 11 is 0. The Bertz CT molecular complexity index is 833. The maximum Gasteiger partial charge on any atom is 0.145 e. The Kier molecular flexibility index (Phi) is 4.10. The molecule has 0 spiro atoms. The number of pyridine rings is 1. The first-order chi connectivity index (χ1) is 11.8. The first kappa shape index (κ1) is 15.0. The van der Waals surface area contributed by atoms with Crippen molar-refractivity contribution in [2.45, 2.75) is 18.6 Å². The van der Waals surface area contributed by atoms with Crippen LogP contribution in [0.2, 0.25) is 0 Å². The van der Waals surface area contributed by atoms with Crippen LogP contribution in [0.15, 0.2) is 43.0 Å². The standard InChI is InChI=1S/C17H20N6O/c1-24-13-6-12(7-18-8-13)21-16-11-19-9-14(22-16)15-10-20-17-4-2-3-5-23(15)17/h2-5,9-13,18H,6-8H2,1H3,(H,21,22)/t12-,13-/m0/s1. The molecule has 24 heavy (non-hydrogen) atoms. The molecular formula is C17H20N6O. The van der Waals surface area contributed by atoms with Crippen LogP contribution in [0.4, 0.5) is 5.82 Å². The number of methoxy groups -OCH3 is 1. The van der Waals surface area contributed by atoms with Crippen LogP contribution in [0.3, 0.4) is 0 Å². The molecule has 1 fully saturated rings. The first-order valence-corrected chi connectivity index (χ1v) is 8.08. The van der Waals surface area contributed by atoms with Gasteiger partial charge in [0.15, 0.2) is 0 Å². The number of nitrogens with zero attached hydrogens (tertiary/aromatic N) is 4. The quantitative estimate of drug-likeness (QED) is 0.759. The third kappa shape index (κ3) is 2.95. The van der Waals surface area contributed by atoms with Crippen LogP contribution in [-0.2, 0) is 4.74 Å². The van der Waals surface area contributed by atoms with Crippen molar-refractivity contribution in [2.24, 2.45) is 0 Å². The molecular weight excluding hydrogens is 304 g/mol. The zero-order valence-corrected chi connectivity index (χ0v) is 13.5. The van der Waals surface area contributed by atoms with Crippen LogP contribution in [0.5, 0.6) is 0 Å². The number of piperidine rings is 1. The van der Waals surface area contributed by atoms with Gasteiger partial charge in [-0.25, -0.2) is 9.97 Å². The van der Waals surface area contributed by atoms with Crippen LogP contribution in [0.25, 0.3) is 17.0 Å². The van der Waals surface area contributed by atoms with Crippen molar-refractivity contribution in [3.63, 3.8) is 0 Å². The van der Waals surface area contributed by atoms with E-state index in [9.17, 15) is 0 Å². The van der Waals surface area contributed by atoms with Gasteiger partial charge in [-0.3, -0.25) is 9.38 Å². The summed E-state index contributed by atoms with van der Waals surface area (Å²) in [6, 6.07) is 6.19. The summed E-state index contributed by atoms with van der Waals surface area (Å²) in [6.45, 7) is 1.78. The van der Waals surface area contributed by atoms with Gasteiger partial charge in [-0.2, -0.15) is 0 Å². The fraction of sp³-hybridized carbons (Fsp3) is 0.353. The van der Waals surface area contributed by atoms with Gasteiger partial charge in [0.2, 0.25) is 0 Å².